The summed E-state index contributed by atoms with van der Waals surface area (Å²) in [5.74, 6) is -0.301. The third-order valence-electron chi connectivity index (χ3n) is 1.94. The van der Waals surface area contributed by atoms with Crippen molar-refractivity contribution in [3.8, 4) is 10.4 Å². The third kappa shape index (κ3) is 1.53. The van der Waals surface area contributed by atoms with Crippen LogP contribution in [0.1, 0.15) is 5.69 Å². The maximum atomic E-state index is 13.5. The normalized spacial score (nSPS) is 10.5. The fourth-order valence-corrected chi connectivity index (χ4v) is 2.43. The summed E-state index contributed by atoms with van der Waals surface area (Å²) < 4.78 is 13.5. The fourth-order valence-electron chi connectivity index (χ4n) is 1.26. The van der Waals surface area contributed by atoms with Gasteiger partial charge in [0.2, 0.25) is 0 Å². The van der Waals surface area contributed by atoms with Gasteiger partial charge in [0.05, 0.1) is 21.1 Å². The van der Waals surface area contributed by atoms with Gasteiger partial charge in [-0.1, -0.05) is 17.7 Å². The minimum atomic E-state index is -0.301. The summed E-state index contributed by atoms with van der Waals surface area (Å²) in [6, 6.07) is 4.68. The molecule has 0 aliphatic heterocycles. The monoisotopic (exact) mass is 227 g/mol. The molecule has 0 saturated heterocycles. The van der Waals surface area contributed by atoms with Crippen molar-refractivity contribution in [1.82, 2.24) is 4.98 Å². The molecule has 0 N–H and O–H groups in total. The highest BCUT2D eigenvalue weighted by Gasteiger charge is 2.13. The van der Waals surface area contributed by atoms with Gasteiger partial charge in [0.1, 0.15) is 5.82 Å². The fraction of sp³-hybridized carbons (Fsp3) is 0.100. The average molecular weight is 228 g/mol. The highest BCUT2D eigenvalue weighted by Crippen LogP contribution is 2.34. The predicted molar refractivity (Wildman–Crippen MR) is 57.3 cm³/mol. The first-order valence-corrected chi connectivity index (χ1v) is 5.30. The topological polar surface area (TPSA) is 12.9 Å². The van der Waals surface area contributed by atoms with Crippen LogP contribution in [0.4, 0.5) is 4.39 Å². The van der Waals surface area contributed by atoms with Gasteiger partial charge in [0.15, 0.2) is 0 Å². The molecule has 0 radical (unpaired) electrons. The Morgan fingerprint density at radius 1 is 1.43 bits per heavy atom. The van der Waals surface area contributed by atoms with Crippen molar-refractivity contribution in [1.29, 1.82) is 0 Å². The molecule has 2 rings (SSSR count). The lowest BCUT2D eigenvalue weighted by Gasteiger charge is -2.03. The van der Waals surface area contributed by atoms with Gasteiger partial charge in [-0.2, -0.15) is 0 Å². The molecule has 0 atom stereocenters. The Morgan fingerprint density at radius 3 is 2.79 bits per heavy atom. The second-order valence-corrected chi connectivity index (χ2v) is 4.13. The van der Waals surface area contributed by atoms with Crippen LogP contribution in [-0.4, -0.2) is 4.98 Å². The van der Waals surface area contributed by atoms with Crippen LogP contribution in [-0.2, 0) is 0 Å². The van der Waals surface area contributed by atoms with Gasteiger partial charge in [-0.3, -0.25) is 0 Å². The zero-order chi connectivity index (χ0) is 10.1. The van der Waals surface area contributed by atoms with E-state index in [1.165, 1.54) is 17.4 Å². The lowest BCUT2D eigenvalue weighted by molar-refractivity contribution is 0.631. The minimum Gasteiger partial charge on any atom is -0.249 e. The van der Waals surface area contributed by atoms with Crippen LogP contribution in [0.25, 0.3) is 10.4 Å². The van der Waals surface area contributed by atoms with E-state index in [4.69, 9.17) is 11.6 Å². The van der Waals surface area contributed by atoms with Gasteiger partial charge in [-0.05, 0) is 19.1 Å². The summed E-state index contributed by atoms with van der Waals surface area (Å²) in [5, 5.41) is 0.428. The maximum absolute atomic E-state index is 13.5. The number of hydrogen-bond donors (Lipinski definition) is 0. The van der Waals surface area contributed by atoms with Crippen LogP contribution >= 0.6 is 22.9 Å². The molecule has 1 aromatic heterocycles. The molecule has 0 unspecified atom stereocenters. The number of aromatic nitrogens is 1. The van der Waals surface area contributed by atoms with E-state index >= 15 is 0 Å². The predicted octanol–water partition coefficient (Wildman–Crippen LogP) is 3.91. The van der Waals surface area contributed by atoms with E-state index in [0.717, 1.165) is 10.6 Å². The zero-order valence-corrected chi connectivity index (χ0v) is 8.99. The lowest BCUT2D eigenvalue weighted by Crippen LogP contribution is -1.85. The molecule has 2 aromatic rings. The van der Waals surface area contributed by atoms with Crippen molar-refractivity contribution in [3.05, 3.63) is 40.2 Å². The molecule has 0 aliphatic carbocycles. The first-order chi connectivity index (χ1) is 6.70. The van der Waals surface area contributed by atoms with Gasteiger partial charge >= 0.3 is 0 Å². The molecule has 0 spiro atoms. The smallest absolute Gasteiger partial charge is 0.133 e. The van der Waals surface area contributed by atoms with E-state index in [0.29, 0.717) is 10.6 Å². The van der Waals surface area contributed by atoms with Crippen LogP contribution in [0.5, 0.6) is 0 Å². The summed E-state index contributed by atoms with van der Waals surface area (Å²) in [6.07, 6.45) is 0. The van der Waals surface area contributed by atoms with Crippen molar-refractivity contribution < 1.29 is 4.39 Å². The largest absolute Gasteiger partial charge is 0.249 e. The van der Waals surface area contributed by atoms with Gasteiger partial charge < -0.3 is 0 Å². The van der Waals surface area contributed by atoms with Crippen molar-refractivity contribution >= 4 is 22.9 Å². The molecule has 0 saturated carbocycles. The molecule has 1 heterocycles. The summed E-state index contributed by atoms with van der Waals surface area (Å²) in [4.78, 5) is 4.87. The van der Waals surface area contributed by atoms with Crippen LogP contribution in [0, 0.1) is 12.7 Å². The van der Waals surface area contributed by atoms with Crippen molar-refractivity contribution in [2.24, 2.45) is 0 Å². The highest BCUT2D eigenvalue weighted by atomic mass is 35.5. The first kappa shape index (κ1) is 9.62. The molecular weight excluding hydrogens is 221 g/mol. The summed E-state index contributed by atoms with van der Waals surface area (Å²) in [5.41, 5.74) is 2.95. The van der Waals surface area contributed by atoms with Crippen LogP contribution in [0.15, 0.2) is 23.7 Å². The molecule has 0 aliphatic rings. The van der Waals surface area contributed by atoms with E-state index in [1.54, 1.807) is 17.6 Å². The molecule has 1 aromatic carbocycles. The van der Waals surface area contributed by atoms with E-state index in [1.807, 2.05) is 6.92 Å². The summed E-state index contributed by atoms with van der Waals surface area (Å²) in [7, 11) is 0. The number of aryl methyl sites for hydroxylation is 1. The molecule has 0 amide bonds. The van der Waals surface area contributed by atoms with E-state index in [-0.39, 0.29) is 5.82 Å². The molecule has 4 heteroatoms. The first-order valence-electron chi connectivity index (χ1n) is 4.04. The highest BCUT2D eigenvalue weighted by molar-refractivity contribution is 7.13. The molecule has 0 fully saturated rings. The number of hydrogen-bond acceptors (Lipinski definition) is 2. The number of nitrogens with zero attached hydrogens (tertiary/aromatic N) is 1. The standard InChI is InChI=1S/C10H7ClFNS/c1-6-10(14-5-13-6)9-7(11)3-2-4-8(9)12/h2-5H,1H3. The Bertz CT molecular complexity index is 447. The number of rotatable bonds is 1. The van der Waals surface area contributed by atoms with Crippen molar-refractivity contribution in [2.75, 3.05) is 0 Å². The number of benzene rings is 1. The SMILES string of the molecule is Cc1ncsc1-c1c(F)cccc1Cl. The van der Waals surface area contributed by atoms with Crippen molar-refractivity contribution in [2.45, 2.75) is 6.92 Å². The quantitative estimate of drug-likeness (QED) is 0.720. The molecule has 72 valence electrons. The summed E-state index contributed by atoms with van der Waals surface area (Å²) in [6.45, 7) is 1.84. The third-order valence-corrected chi connectivity index (χ3v) is 3.20. The molecular formula is C10H7ClFNS. The second kappa shape index (κ2) is 3.67. The minimum absolute atomic E-state index is 0.301. The van der Waals surface area contributed by atoms with Gasteiger partial charge in [0.25, 0.3) is 0 Å². The van der Waals surface area contributed by atoms with Gasteiger partial charge in [-0.15, -0.1) is 11.3 Å². The van der Waals surface area contributed by atoms with E-state index in [9.17, 15) is 4.39 Å². The van der Waals surface area contributed by atoms with Crippen LogP contribution < -0.4 is 0 Å². The Balaban J connectivity index is 2.68. The van der Waals surface area contributed by atoms with E-state index < -0.39 is 0 Å². The Morgan fingerprint density at radius 2 is 2.21 bits per heavy atom. The van der Waals surface area contributed by atoms with Crippen LogP contribution in [0.3, 0.4) is 0 Å². The Labute approximate surface area is 90.2 Å². The second-order valence-electron chi connectivity index (χ2n) is 2.86. The average Bonchev–Trinajstić information content (AvgIpc) is 2.52. The van der Waals surface area contributed by atoms with Gasteiger partial charge in [-0.25, -0.2) is 9.37 Å². The zero-order valence-electron chi connectivity index (χ0n) is 7.42. The summed E-state index contributed by atoms with van der Waals surface area (Å²) >= 11 is 7.33. The number of thiazole rings is 1. The maximum Gasteiger partial charge on any atom is 0.133 e. The number of halogens is 2. The lowest BCUT2D eigenvalue weighted by atomic mass is 10.1. The van der Waals surface area contributed by atoms with Gasteiger partial charge in [0, 0.05) is 5.56 Å². The van der Waals surface area contributed by atoms with Crippen molar-refractivity contribution in [3.63, 3.8) is 0 Å². The Kier molecular flexibility index (Phi) is 2.52. The van der Waals surface area contributed by atoms with Crippen LogP contribution in [0.2, 0.25) is 5.02 Å². The molecule has 14 heavy (non-hydrogen) atoms. The molecule has 1 nitrogen and oxygen atoms in total. The van der Waals surface area contributed by atoms with E-state index in [2.05, 4.69) is 4.98 Å². The molecule has 0 bridgehead atoms. The Hall–Kier alpha value is -0.930.